The van der Waals surface area contributed by atoms with E-state index in [-0.39, 0.29) is 0 Å². The van der Waals surface area contributed by atoms with Gasteiger partial charge >= 0.3 is 0 Å². The Hall–Kier alpha value is -1.95. The number of likely N-dealkylation sites (N-methyl/N-ethyl adjacent to an activating group) is 1. The number of nitrogens with two attached hydrogens (primary N) is 1. The lowest BCUT2D eigenvalue weighted by molar-refractivity contribution is 0.364. The monoisotopic (exact) mass is 322 g/mol. The molecule has 4 nitrogen and oxygen atoms in total. The van der Waals surface area contributed by atoms with E-state index in [0.29, 0.717) is 5.56 Å². The highest BCUT2D eigenvalue weighted by molar-refractivity contribution is 5.94. The van der Waals surface area contributed by atoms with Gasteiger partial charge in [-0.1, -0.05) is 19.4 Å². The van der Waals surface area contributed by atoms with E-state index >= 15 is 0 Å². The van der Waals surface area contributed by atoms with Crippen molar-refractivity contribution in [2.24, 2.45) is 10.7 Å². The average Bonchev–Trinajstić information content (AvgIpc) is 2.51. The number of nitrogens with one attached hydrogen (secondary N) is 1. The molecule has 0 bridgehead atoms. The molecule has 1 aromatic rings. The highest BCUT2D eigenvalue weighted by atomic mass is 19.2. The molecule has 3 N–H and O–H groups in total. The van der Waals surface area contributed by atoms with Gasteiger partial charge in [0, 0.05) is 24.4 Å². The van der Waals surface area contributed by atoms with Crippen LogP contribution in [0.25, 0.3) is 0 Å². The van der Waals surface area contributed by atoms with E-state index in [1.165, 1.54) is 6.07 Å². The summed E-state index contributed by atoms with van der Waals surface area (Å²) < 4.78 is 26.8. The fraction of sp³-hybridized carbons (Fsp3) is 0.471. The second-order valence-electron chi connectivity index (χ2n) is 5.58. The number of halogens is 2. The molecule has 0 aromatic heterocycles. The van der Waals surface area contributed by atoms with E-state index in [0.717, 1.165) is 49.6 Å². The van der Waals surface area contributed by atoms with Crippen molar-refractivity contribution in [1.82, 2.24) is 10.2 Å². The van der Waals surface area contributed by atoms with Crippen LogP contribution in [0, 0.1) is 11.6 Å². The van der Waals surface area contributed by atoms with Gasteiger partial charge in [0.15, 0.2) is 11.6 Å². The van der Waals surface area contributed by atoms with Crippen molar-refractivity contribution in [1.29, 1.82) is 0 Å². The van der Waals surface area contributed by atoms with Crippen molar-refractivity contribution in [3.8, 4) is 0 Å². The number of rotatable bonds is 5. The molecule has 1 aliphatic heterocycles. The summed E-state index contributed by atoms with van der Waals surface area (Å²) in [6.45, 7) is 7.73. The van der Waals surface area contributed by atoms with Crippen LogP contribution in [0.4, 0.5) is 8.78 Å². The molecule has 0 spiro atoms. The van der Waals surface area contributed by atoms with Crippen LogP contribution in [0.15, 0.2) is 35.0 Å². The maximum Gasteiger partial charge on any atom is 0.211 e. The first-order valence-corrected chi connectivity index (χ1v) is 8.01. The third-order valence-electron chi connectivity index (χ3n) is 3.91. The van der Waals surface area contributed by atoms with Gasteiger partial charge in [-0.25, -0.2) is 13.8 Å². The van der Waals surface area contributed by atoms with Crippen molar-refractivity contribution in [2.45, 2.75) is 39.4 Å². The second kappa shape index (κ2) is 7.08. The van der Waals surface area contributed by atoms with Gasteiger partial charge in [0.1, 0.15) is 5.84 Å². The van der Waals surface area contributed by atoms with Gasteiger partial charge in [-0.05, 0) is 38.5 Å². The zero-order valence-corrected chi connectivity index (χ0v) is 13.9. The van der Waals surface area contributed by atoms with Gasteiger partial charge < -0.3 is 10.2 Å². The normalized spacial score (nSPS) is 20.6. The van der Waals surface area contributed by atoms with Gasteiger partial charge in [-0.3, -0.25) is 5.73 Å². The van der Waals surface area contributed by atoms with Crippen molar-refractivity contribution >= 4 is 5.84 Å². The molecule has 0 fully saturated rings. The number of aliphatic imine (C=N–C) groups is 1. The quantitative estimate of drug-likeness (QED) is 0.876. The molecular weight excluding hydrogens is 298 g/mol. The van der Waals surface area contributed by atoms with Gasteiger partial charge in [0.25, 0.3) is 0 Å². The maximum atomic E-state index is 13.6. The number of nitrogens with zero attached hydrogens (tertiary/aromatic N) is 2. The van der Waals surface area contributed by atoms with Crippen LogP contribution in [-0.4, -0.2) is 23.8 Å². The van der Waals surface area contributed by atoms with Crippen molar-refractivity contribution in [3.05, 3.63) is 47.2 Å². The fourth-order valence-electron chi connectivity index (χ4n) is 2.66. The number of amidine groups is 1. The average molecular weight is 322 g/mol. The molecule has 126 valence electrons. The zero-order chi connectivity index (χ0) is 17.0. The smallest absolute Gasteiger partial charge is 0.211 e. The maximum absolute atomic E-state index is 13.6. The Kier molecular flexibility index (Phi) is 5.36. The summed E-state index contributed by atoms with van der Waals surface area (Å²) in [5.74, 6) is -2.37. The molecule has 0 aliphatic carbocycles. The molecule has 6 heteroatoms. The van der Waals surface area contributed by atoms with E-state index < -0.39 is 17.4 Å². The van der Waals surface area contributed by atoms with Crippen LogP contribution in [0.5, 0.6) is 0 Å². The third-order valence-corrected chi connectivity index (χ3v) is 3.91. The summed E-state index contributed by atoms with van der Waals surface area (Å²) in [6.07, 6.45) is 3.72. The Morgan fingerprint density at radius 2 is 1.87 bits per heavy atom. The van der Waals surface area contributed by atoms with Crippen LogP contribution >= 0.6 is 0 Å². The van der Waals surface area contributed by atoms with Crippen LogP contribution in [-0.2, 0) is 5.79 Å². The Morgan fingerprint density at radius 3 is 2.43 bits per heavy atom. The summed E-state index contributed by atoms with van der Waals surface area (Å²) in [5.41, 5.74) is 7.74. The van der Waals surface area contributed by atoms with Crippen LogP contribution < -0.4 is 11.1 Å². The first kappa shape index (κ1) is 17.4. The van der Waals surface area contributed by atoms with Gasteiger partial charge in [-0.15, -0.1) is 0 Å². The number of hydrogen-bond donors (Lipinski definition) is 2. The molecule has 2 rings (SSSR count). The summed E-state index contributed by atoms with van der Waals surface area (Å²) in [6, 6.07) is 3.63. The standard InChI is InChI=1S/C17H24F2N4/c1-4-7-13-11-16(23(5-2)6-3)22-17(20,21-13)12-8-9-14(18)15(19)10-12/h8-11,21H,4-7,20H2,1-3H3. The molecule has 1 aliphatic rings. The van der Waals surface area contributed by atoms with E-state index in [9.17, 15) is 8.78 Å². The number of hydrogen-bond acceptors (Lipinski definition) is 4. The van der Waals surface area contributed by atoms with Crippen LogP contribution in [0.1, 0.15) is 39.2 Å². The summed E-state index contributed by atoms with van der Waals surface area (Å²) in [5, 5.41) is 3.16. The molecule has 1 unspecified atom stereocenters. The Balaban J connectivity index is 2.47. The van der Waals surface area contributed by atoms with Gasteiger partial charge in [0.2, 0.25) is 5.79 Å². The minimum absolute atomic E-state index is 0.391. The number of benzene rings is 1. The Labute approximate surface area is 136 Å². The molecule has 0 saturated heterocycles. The molecule has 1 heterocycles. The highest BCUT2D eigenvalue weighted by Gasteiger charge is 2.32. The van der Waals surface area contributed by atoms with Crippen molar-refractivity contribution < 1.29 is 8.78 Å². The third kappa shape index (κ3) is 3.69. The first-order chi connectivity index (χ1) is 10.9. The minimum atomic E-state index is -1.30. The lowest BCUT2D eigenvalue weighted by Crippen LogP contribution is -2.52. The summed E-state index contributed by atoms with van der Waals surface area (Å²) in [4.78, 5) is 6.65. The molecule has 0 amide bonds. The summed E-state index contributed by atoms with van der Waals surface area (Å²) >= 11 is 0. The van der Waals surface area contributed by atoms with Crippen LogP contribution in [0.2, 0.25) is 0 Å². The number of allylic oxidation sites excluding steroid dienone is 1. The Bertz CT molecular complexity index is 623. The Morgan fingerprint density at radius 1 is 1.17 bits per heavy atom. The van der Waals surface area contributed by atoms with Gasteiger partial charge in [-0.2, -0.15) is 0 Å². The molecular formula is C17H24F2N4. The van der Waals surface area contributed by atoms with E-state index in [1.54, 1.807) is 0 Å². The molecule has 23 heavy (non-hydrogen) atoms. The zero-order valence-electron chi connectivity index (χ0n) is 13.9. The molecule has 1 atom stereocenters. The second-order valence-corrected chi connectivity index (χ2v) is 5.58. The van der Waals surface area contributed by atoms with E-state index in [2.05, 4.69) is 22.1 Å². The van der Waals surface area contributed by atoms with Crippen molar-refractivity contribution in [3.63, 3.8) is 0 Å². The SMILES string of the molecule is CCCC1=CC(N(CC)CC)=NC(N)(c2ccc(F)c(F)c2)N1. The predicted octanol–water partition coefficient (Wildman–Crippen LogP) is 3.06. The summed E-state index contributed by atoms with van der Waals surface area (Å²) in [7, 11) is 0. The molecule has 1 aromatic carbocycles. The molecule has 0 saturated carbocycles. The largest absolute Gasteiger partial charge is 0.357 e. The predicted molar refractivity (Wildman–Crippen MR) is 88.7 cm³/mol. The lowest BCUT2D eigenvalue weighted by Gasteiger charge is -2.36. The first-order valence-electron chi connectivity index (χ1n) is 8.01. The molecule has 0 radical (unpaired) electrons. The van der Waals surface area contributed by atoms with Crippen LogP contribution in [0.3, 0.4) is 0 Å². The topological polar surface area (TPSA) is 53.6 Å². The highest BCUT2D eigenvalue weighted by Crippen LogP contribution is 2.25. The van der Waals surface area contributed by atoms with E-state index in [1.807, 2.05) is 19.9 Å². The van der Waals surface area contributed by atoms with Crippen molar-refractivity contribution in [2.75, 3.05) is 13.1 Å². The van der Waals surface area contributed by atoms with Gasteiger partial charge in [0.05, 0.1) is 0 Å². The van der Waals surface area contributed by atoms with E-state index in [4.69, 9.17) is 5.73 Å². The lowest BCUT2D eigenvalue weighted by atomic mass is 10.0. The minimum Gasteiger partial charge on any atom is -0.357 e. The fourth-order valence-corrected chi connectivity index (χ4v) is 2.66.